The van der Waals surface area contributed by atoms with Crippen molar-refractivity contribution in [3.63, 3.8) is 0 Å². The molecule has 2 aromatic rings. The fourth-order valence-corrected chi connectivity index (χ4v) is 1.98. The number of aromatic nitrogens is 1. The first-order chi connectivity index (χ1) is 8.15. The molecule has 0 unspecified atom stereocenters. The zero-order valence-electron chi connectivity index (χ0n) is 10.0. The maximum atomic E-state index is 11.7. The lowest BCUT2D eigenvalue weighted by Gasteiger charge is -2.07. The minimum absolute atomic E-state index is 0.109. The van der Waals surface area contributed by atoms with Crippen molar-refractivity contribution >= 4 is 16.7 Å². The van der Waals surface area contributed by atoms with Crippen molar-refractivity contribution in [2.45, 2.75) is 26.7 Å². The normalized spacial score (nSPS) is 10.7. The standard InChI is InChI=1S/C14H15NO2/c1-3-9-7-11(12(16)4-2)8-10-5-6-13(17)15-14(9)10/h5-8H,3-4H2,1-2H3,(H,15,17). The molecule has 3 heteroatoms. The van der Waals surface area contributed by atoms with Gasteiger partial charge in [0.2, 0.25) is 5.56 Å². The van der Waals surface area contributed by atoms with Gasteiger partial charge in [0, 0.05) is 18.1 Å². The first kappa shape index (κ1) is 11.6. The highest BCUT2D eigenvalue weighted by Gasteiger charge is 2.08. The number of benzene rings is 1. The molecule has 0 radical (unpaired) electrons. The van der Waals surface area contributed by atoms with Gasteiger partial charge in [-0.3, -0.25) is 9.59 Å². The van der Waals surface area contributed by atoms with E-state index in [1.807, 2.05) is 26.0 Å². The van der Waals surface area contributed by atoms with E-state index in [0.29, 0.717) is 6.42 Å². The molecule has 0 spiro atoms. The lowest BCUT2D eigenvalue weighted by molar-refractivity contribution is 0.0988. The van der Waals surface area contributed by atoms with Crippen molar-refractivity contribution in [1.82, 2.24) is 4.98 Å². The number of Topliss-reactive ketones (excluding diaryl/α,β-unsaturated/α-hetero) is 1. The fourth-order valence-electron chi connectivity index (χ4n) is 1.98. The molecule has 0 aliphatic carbocycles. The van der Waals surface area contributed by atoms with Crippen LogP contribution in [0.2, 0.25) is 0 Å². The third kappa shape index (κ3) is 2.13. The Morgan fingerprint density at radius 2 is 2.00 bits per heavy atom. The highest BCUT2D eigenvalue weighted by atomic mass is 16.1. The molecule has 1 aromatic heterocycles. The third-order valence-electron chi connectivity index (χ3n) is 2.94. The van der Waals surface area contributed by atoms with Crippen LogP contribution in [0.1, 0.15) is 36.2 Å². The zero-order valence-corrected chi connectivity index (χ0v) is 10.0. The molecule has 0 amide bonds. The lowest BCUT2D eigenvalue weighted by atomic mass is 10.00. The highest BCUT2D eigenvalue weighted by molar-refractivity contribution is 6.00. The summed E-state index contributed by atoms with van der Waals surface area (Å²) < 4.78 is 0. The molecule has 17 heavy (non-hydrogen) atoms. The van der Waals surface area contributed by atoms with Crippen LogP contribution >= 0.6 is 0 Å². The fraction of sp³-hybridized carbons (Fsp3) is 0.286. The number of carbonyl (C=O) groups is 1. The van der Waals surface area contributed by atoms with E-state index in [0.717, 1.165) is 28.5 Å². The summed E-state index contributed by atoms with van der Waals surface area (Å²) in [6.07, 6.45) is 1.29. The van der Waals surface area contributed by atoms with Gasteiger partial charge in [0.1, 0.15) is 0 Å². The van der Waals surface area contributed by atoms with E-state index in [1.54, 1.807) is 6.07 Å². The van der Waals surface area contributed by atoms with Gasteiger partial charge in [0.25, 0.3) is 0 Å². The number of aryl methyl sites for hydroxylation is 1. The monoisotopic (exact) mass is 229 g/mol. The third-order valence-corrected chi connectivity index (χ3v) is 2.94. The summed E-state index contributed by atoms with van der Waals surface area (Å²) in [4.78, 5) is 25.9. The van der Waals surface area contributed by atoms with E-state index in [9.17, 15) is 9.59 Å². The predicted molar refractivity (Wildman–Crippen MR) is 68.6 cm³/mol. The molecule has 0 saturated carbocycles. The maximum absolute atomic E-state index is 11.7. The number of hydrogen-bond donors (Lipinski definition) is 1. The predicted octanol–water partition coefficient (Wildman–Crippen LogP) is 2.68. The summed E-state index contributed by atoms with van der Waals surface area (Å²) in [5.41, 5.74) is 2.47. The summed E-state index contributed by atoms with van der Waals surface area (Å²) in [5, 5.41) is 0.917. The summed E-state index contributed by atoms with van der Waals surface area (Å²) >= 11 is 0. The molecular formula is C14H15NO2. The molecule has 88 valence electrons. The molecule has 2 rings (SSSR count). The summed E-state index contributed by atoms with van der Waals surface area (Å²) in [5.74, 6) is 0.132. The van der Waals surface area contributed by atoms with E-state index in [4.69, 9.17) is 0 Å². The van der Waals surface area contributed by atoms with Crippen LogP contribution in [0.4, 0.5) is 0 Å². The number of fused-ring (bicyclic) bond motifs is 1. The van der Waals surface area contributed by atoms with Crippen molar-refractivity contribution in [3.8, 4) is 0 Å². The van der Waals surface area contributed by atoms with E-state index in [1.165, 1.54) is 6.07 Å². The number of rotatable bonds is 3. The number of aromatic amines is 1. The summed E-state index contributed by atoms with van der Waals surface area (Å²) in [6.45, 7) is 3.87. The van der Waals surface area contributed by atoms with Crippen LogP contribution in [0, 0.1) is 0 Å². The molecule has 0 saturated heterocycles. The molecule has 0 bridgehead atoms. The Labute approximate surface area is 99.5 Å². The van der Waals surface area contributed by atoms with Crippen LogP contribution in [0.25, 0.3) is 10.9 Å². The number of nitrogens with one attached hydrogen (secondary N) is 1. The Kier molecular flexibility index (Phi) is 3.09. The van der Waals surface area contributed by atoms with Crippen molar-refractivity contribution < 1.29 is 4.79 Å². The van der Waals surface area contributed by atoms with Gasteiger partial charge in [-0.2, -0.15) is 0 Å². The second kappa shape index (κ2) is 4.53. The number of pyridine rings is 1. The average Bonchev–Trinajstić information content (AvgIpc) is 2.36. The van der Waals surface area contributed by atoms with Crippen LogP contribution in [-0.2, 0) is 6.42 Å². The summed E-state index contributed by atoms with van der Waals surface area (Å²) in [6, 6.07) is 6.97. The van der Waals surface area contributed by atoms with E-state index in [2.05, 4.69) is 4.98 Å². The van der Waals surface area contributed by atoms with Gasteiger partial charge in [-0.05, 0) is 35.6 Å². The largest absolute Gasteiger partial charge is 0.322 e. The number of H-pyrrole nitrogens is 1. The van der Waals surface area contributed by atoms with E-state index >= 15 is 0 Å². The minimum Gasteiger partial charge on any atom is -0.322 e. The first-order valence-electron chi connectivity index (χ1n) is 5.84. The van der Waals surface area contributed by atoms with Gasteiger partial charge in [-0.25, -0.2) is 0 Å². The minimum atomic E-state index is -0.109. The second-order valence-corrected chi connectivity index (χ2v) is 4.05. The quantitative estimate of drug-likeness (QED) is 0.822. The van der Waals surface area contributed by atoms with Crippen LogP contribution < -0.4 is 5.56 Å². The summed E-state index contributed by atoms with van der Waals surface area (Å²) in [7, 11) is 0. The number of ketones is 1. The molecule has 1 N–H and O–H groups in total. The molecule has 3 nitrogen and oxygen atoms in total. The Morgan fingerprint density at radius 3 is 2.65 bits per heavy atom. The van der Waals surface area contributed by atoms with E-state index < -0.39 is 0 Å². The van der Waals surface area contributed by atoms with Gasteiger partial charge >= 0.3 is 0 Å². The molecule has 0 atom stereocenters. The first-order valence-corrected chi connectivity index (χ1v) is 5.84. The number of carbonyl (C=O) groups excluding carboxylic acids is 1. The molecule has 0 fully saturated rings. The molecule has 1 heterocycles. The molecular weight excluding hydrogens is 214 g/mol. The Morgan fingerprint density at radius 1 is 1.24 bits per heavy atom. The number of hydrogen-bond acceptors (Lipinski definition) is 2. The lowest BCUT2D eigenvalue weighted by Crippen LogP contribution is -2.06. The SMILES string of the molecule is CCC(=O)c1cc(CC)c2[nH]c(=O)ccc2c1. The molecule has 0 aliphatic heterocycles. The molecule has 0 aliphatic rings. The zero-order chi connectivity index (χ0) is 12.4. The Bertz CT molecular complexity index is 626. The van der Waals surface area contributed by atoms with Crippen LogP contribution in [-0.4, -0.2) is 10.8 Å². The van der Waals surface area contributed by atoms with Crippen LogP contribution in [0.15, 0.2) is 29.1 Å². The van der Waals surface area contributed by atoms with E-state index in [-0.39, 0.29) is 11.3 Å². The van der Waals surface area contributed by atoms with Gasteiger partial charge in [-0.15, -0.1) is 0 Å². The topological polar surface area (TPSA) is 49.9 Å². The second-order valence-electron chi connectivity index (χ2n) is 4.05. The van der Waals surface area contributed by atoms with Crippen molar-refractivity contribution in [1.29, 1.82) is 0 Å². The smallest absolute Gasteiger partial charge is 0.248 e. The van der Waals surface area contributed by atoms with Gasteiger partial charge in [0.15, 0.2) is 5.78 Å². The van der Waals surface area contributed by atoms with Crippen molar-refractivity contribution in [2.24, 2.45) is 0 Å². The Balaban J connectivity index is 2.74. The van der Waals surface area contributed by atoms with Gasteiger partial charge < -0.3 is 4.98 Å². The maximum Gasteiger partial charge on any atom is 0.248 e. The van der Waals surface area contributed by atoms with Crippen LogP contribution in [0.3, 0.4) is 0 Å². The van der Waals surface area contributed by atoms with Crippen molar-refractivity contribution in [2.75, 3.05) is 0 Å². The molecule has 1 aromatic carbocycles. The van der Waals surface area contributed by atoms with Gasteiger partial charge in [-0.1, -0.05) is 13.8 Å². The van der Waals surface area contributed by atoms with Crippen LogP contribution in [0.5, 0.6) is 0 Å². The van der Waals surface area contributed by atoms with Gasteiger partial charge in [0.05, 0.1) is 5.52 Å². The highest BCUT2D eigenvalue weighted by Crippen LogP contribution is 2.19. The average molecular weight is 229 g/mol. The Hall–Kier alpha value is -1.90. The van der Waals surface area contributed by atoms with Crippen molar-refractivity contribution in [3.05, 3.63) is 45.7 Å².